The first-order valence-electron chi connectivity index (χ1n) is 20.3. The van der Waals surface area contributed by atoms with Crippen LogP contribution in [-0.4, -0.2) is 15.0 Å². The van der Waals surface area contributed by atoms with E-state index in [0.29, 0.717) is 0 Å². The van der Waals surface area contributed by atoms with Gasteiger partial charge in [-0.05, 0) is 110 Å². The Morgan fingerprint density at radius 3 is 1.20 bits per heavy atom. The minimum absolute atomic E-state index is 0.946. The van der Waals surface area contributed by atoms with Gasteiger partial charge in [-0.3, -0.25) is 4.98 Å². The number of aromatic nitrogens is 3. The highest BCUT2D eigenvalue weighted by molar-refractivity contribution is 5.85. The summed E-state index contributed by atoms with van der Waals surface area (Å²) < 4.78 is 0. The van der Waals surface area contributed by atoms with Gasteiger partial charge in [-0.1, -0.05) is 134 Å². The van der Waals surface area contributed by atoms with E-state index < -0.39 is 0 Å². The number of aryl methyl sites for hydroxylation is 3. The molecule has 0 atom stereocenters. The second kappa shape index (κ2) is 21.3. The van der Waals surface area contributed by atoms with Gasteiger partial charge in [0.25, 0.3) is 0 Å². The normalized spacial score (nSPS) is 11.3. The van der Waals surface area contributed by atoms with Gasteiger partial charge in [0.2, 0.25) is 0 Å². The Morgan fingerprint density at radius 2 is 0.765 bits per heavy atom. The Hall–Kier alpha value is -4.11. The first-order chi connectivity index (χ1) is 25.2. The fourth-order valence-corrected chi connectivity index (χ4v) is 7.03. The third kappa shape index (κ3) is 12.3. The van der Waals surface area contributed by atoms with Gasteiger partial charge >= 0.3 is 0 Å². The van der Waals surface area contributed by atoms with E-state index in [2.05, 4.69) is 111 Å². The molecule has 0 fully saturated rings. The molecular formula is C48H61N3. The van der Waals surface area contributed by atoms with E-state index in [-0.39, 0.29) is 0 Å². The summed E-state index contributed by atoms with van der Waals surface area (Å²) >= 11 is 0. The molecule has 3 heteroatoms. The van der Waals surface area contributed by atoms with Crippen molar-refractivity contribution in [1.29, 1.82) is 0 Å². The first kappa shape index (κ1) is 38.1. The number of nitrogens with zero attached hydrogens (tertiary/aromatic N) is 3. The molecule has 3 aromatic carbocycles. The minimum atomic E-state index is 0.946. The van der Waals surface area contributed by atoms with Crippen LogP contribution in [0.25, 0.3) is 44.1 Å². The van der Waals surface area contributed by atoms with Crippen LogP contribution in [0.3, 0.4) is 0 Å². The van der Waals surface area contributed by atoms with E-state index in [1.165, 1.54) is 136 Å². The maximum atomic E-state index is 4.93. The summed E-state index contributed by atoms with van der Waals surface area (Å²) in [6.45, 7) is 6.80. The molecule has 0 spiro atoms. The molecule has 0 N–H and O–H groups in total. The quantitative estimate of drug-likeness (QED) is 0.0800. The highest BCUT2D eigenvalue weighted by atomic mass is 14.8. The number of unbranched alkanes of at least 4 members (excludes halogenated alkanes) is 12. The zero-order valence-electron chi connectivity index (χ0n) is 31.8. The molecule has 6 aromatic rings. The second-order valence-corrected chi connectivity index (χ2v) is 14.5. The third-order valence-corrected chi connectivity index (χ3v) is 10.1. The van der Waals surface area contributed by atoms with E-state index in [1.807, 2.05) is 12.3 Å². The lowest BCUT2D eigenvalue weighted by atomic mass is 10.0. The molecule has 0 unspecified atom stereocenters. The Morgan fingerprint density at radius 1 is 0.373 bits per heavy atom. The summed E-state index contributed by atoms with van der Waals surface area (Å²) in [4.78, 5) is 14.2. The predicted octanol–water partition coefficient (Wildman–Crippen LogP) is 14.2. The SMILES string of the molecule is CCCCCCCc1ccc2nc(-c3ccc4cc(CCCCCCC)ccc4n3)ccc2c1.CCCCCCCc1ccc2ncccc2c1. The zero-order chi connectivity index (χ0) is 35.5. The van der Waals surface area contributed by atoms with E-state index in [0.717, 1.165) is 40.8 Å². The molecule has 0 saturated heterocycles. The number of hydrogen-bond donors (Lipinski definition) is 0. The molecule has 3 aromatic heterocycles. The molecule has 3 heterocycles. The van der Waals surface area contributed by atoms with Crippen molar-refractivity contribution < 1.29 is 0 Å². The van der Waals surface area contributed by atoms with Gasteiger partial charge in [0.15, 0.2) is 0 Å². The van der Waals surface area contributed by atoms with Crippen molar-refractivity contribution in [1.82, 2.24) is 15.0 Å². The molecular weight excluding hydrogens is 619 g/mol. The summed E-state index contributed by atoms with van der Waals surface area (Å²) in [7, 11) is 0. The summed E-state index contributed by atoms with van der Waals surface area (Å²) in [6, 6.07) is 32.9. The lowest BCUT2D eigenvalue weighted by Crippen LogP contribution is -1.92. The standard InChI is InChI=1S/C32H40N2.C16H21N/c1-3-5-7-9-11-13-25-15-19-29-27(23-25)17-21-31(33-29)32-22-18-28-24-26(16-20-30(28)34-32)14-12-10-8-6-4-2;1-2-3-4-5-6-8-14-10-11-16-15(13-14)9-7-12-17-16/h15-24H,3-14H2,1-2H3;7,9-13H,2-6,8H2,1H3. The smallest absolute Gasteiger partial charge is 0.0894 e. The average molecular weight is 680 g/mol. The average Bonchev–Trinajstić information content (AvgIpc) is 3.17. The molecule has 3 nitrogen and oxygen atoms in total. The lowest BCUT2D eigenvalue weighted by Gasteiger charge is -2.08. The summed E-state index contributed by atoms with van der Waals surface area (Å²) in [6.07, 6.45) is 25.4. The van der Waals surface area contributed by atoms with Crippen LogP contribution in [0.15, 0.2) is 97.2 Å². The molecule has 6 rings (SSSR count). The van der Waals surface area contributed by atoms with Gasteiger partial charge in [0, 0.05) is 22.4 Å². The molecule has 0 aliphatic heterocycles. The van der Waals surface area contributed by atoms with Gasteiger partial charge in [0.1, 0.15) is 0 Å². The van der Waals surface area contributed by atoms with Crippen molar-refractivity contribution in [2.24, 2.45) is 0 Å². The van der Waals surface area contributed by atoms with Gasteiger partial charge < -0.3 is 0 Å². The maximum absolute atomic E-state index is 4.93. The van der Waals surface area contributed by atoms with Crippen molar-refractivity contribution in [3.05, 3.63) is 114 Å². The number of hydrogen-bond acceptors (Lipinski definition) is 3. The highest BCUT2D eigenvalue weighted by Gasteiger charge is 2.07. The molecule has 268 valence electrons. The van der Waals surface area contributed by atoms with Crippen LogP contribution in [0.4, 0.5) is 0 Å². The van der Waals surface area contributed by atoms with Crippen LogP contribution < -0.4 is 0 Å². The molecule has 0 saturated carbocycles. The topological polar surface area (TPSA) is 38.7 Å². The van der Waals surface area contributed by atoms with Crippen molar-refractivity contribution >= 4 is 32.7 Å². The van der Waals surface area contributed by atoms with Crippen LogP contribution in [0, 0.1) is 0 Å². The molecule has 0 aliphatic carbocycles. The van der Waals surface area contributed by atoms with Gasteiger partial charge in [-0.15, -0.1) is 0 Å². The highest BCUT2D eigenvalue weighted by Crippen LogP contribution is 2.25. The van der Waals surface area contributed by atoms with Crippen LogP contribution >= 0.6 is 0 Å². The van der Waals surface area contributed by atoms with Crippen molar-refractivity contribution in [2.75, 3.05) is 0 Å². The Balaban J connectivity index is 0.000000248. The summed E-state index contributed by atoms with van der Waals surface area (Å²) in [5, 5.41) is 3.71. The number of rotatable bonds is 19. The molecule has 0 radical (unpaired) electrons. The summed E-state index contributed by atoms with van der Waals surface area (Å²) in [5.41, 5.74) is 9.37. The maximum Gasteiger partial charge on any atom is 0.0894 e. The molecule has 51 heavy (non-hydrogen) atoms. The van der Waals surface area contributed by atoms with Gasteiger partial charge in [-0.2, -0.15) is 0 Å². The number of pyridine rings is 3. The van der Waals surface area contributed by atoms with Crippen LogP contribution in [0.1, 0.15) is 134 Å². The second-order valence-electron chi connectivity index (χ2n) is 14.5. The van der Waals surface area contributed by atoms with Gasteiger partial charge in [-0.25, -0.2) is 9.97 Å². The largest absolute Gasteiger partial charge is 0.256 e. The number of benzene rings is 3. The molecule has 0 amide bonds. The van der Waals surface area contributed by atoms with Gasteiger partial charge in [0.05, 0.1) is 27.9 Å². The minimum Gasteiger partial charge on any atom is -0.256 e. The monoisotopic (exact) mass is 679 g/mol. The molecule has 0 bridgehead atoms. The fourth-order valence-electron chi connectivity index (χ4n) is 7.03. The summed E-state index contributed by atoms with van der Waals surface area (Å²) in [5.74, 6) is 0. The van der Waals surface area contributed by atoms with E-state index in [9.17, 15) is 0 Å². The molecule has 0 aliphatic rings. The zero-order valence-corrected chi connectivity index (χ0v) is 31.8. The van der Waals surface area contributed by atoms with E-state index in [1.54, 1.807) is 0 Å². The van der Waals surface area contributed by atoms with Crippen molar-refractivity contribution in [2.45, 2.75) is 136 Å². The Bertz CT molecular complexity index is 1810. The Kier molecular flexibility index (Phi) is 15.9. The van der Waals surface area contributed by atoms with Crippen molar-refractivity contribution in [3.8, 4) is 11.4 Å². The third-order valence-electron chi connectivity index (χ3n) is 10.1. The van der Waals surface area contributed by atoms with Crippen molar-refractivity contribution in [3.63, 3.8) is 0 Å². The number of fused-ring (bicyclic) bond motifs is 3. The van der Waals surface area contributed by atoms with Crippen LogP contribution in [0.2, 0.25) is 0 Å². The Labute approximate surface area is 308 Å². The van der Waals surface area contributed by atoms with E-state index in [4.69, 9.17) is 9.97 Å². The predicted molar refractivity (Wildman–Crippen MR) is 222 cm³/mol. The van der Waals surface area contributed by atoms with Crippen LogP contribution in [0.5, 0.6) is 0 Å². The van der Waals surface area contributed by atoms with Crippen LogP contribution in [-0.2, 0) is 19.3 Å². The first-order valence-corrected chi connectivity index (χ1v) is 20.3. The van der Waals surface area contributed by atoms with E-state index >= 15 is 0 Å². The fraction of sp³-hybridized carbons (Fsp3) is 0.438. The lowest BCUT2D eigenvalue weighted by molar-refractivity contribution is 0.632.